The SMILES string of the molecule is O=S(=O)(c1sc(Cl)nc1-c1ccccc1)N1C[C@@H]2COC[C@@H]2O1. The van der Waals surface area contributed by atoms with Crippen LogP contribution >= 0.6 is 22.9 Å². The Bertz CT molecular complexity index is 813. The number of aromatic nitrogens is 1. The van der Waals surface area contributed by atoms with Crippen LogP contribution < -0.4 is 0 Å². The molecule has 23 heavy (non-hydrogen) atoms. The summed E-state index contributed by atoms with van der Waals surface area (Å²) in [6.07, 6.45) is -0.201. The summed E-state index contributed by atoms with van der Waals surface area (Å²) in [5.41, 5.74) is 1.06. The zero-order chi connectivity index (χ0) is 16.0. The fourth-order valence-electron chi connectivity index (χ4n) is 2.73. The Labute approximate surface area is 142 Å². The molecule has 0 bridgehead atoms. The Morgan fingerprint density at radius 2 is 2.04 bits per heavy atom. The topological polar surface area (TPSA) is 68.7 Å². The fraction of sp³-hybridized carbons (Fsp3) is 0.357. The average Bonchev–Trinajstić information content (AvgIpc) is 3.21. The average molecular weight is 373 g/mol. The van der Waals surface area contributed by atoms with Crippen molar-refractivity contribution in [1.82, 2.24) is 9.45 Å². The molecule has 2 saturated heterocycles. The van der Waals surface area contributed by atoms with Gasteiger partial charge in [-0.15, -0.1) is 0 Å². The number of fused-ring (bicyclic) bond motifs is 1. The van der Waals surface area contributed by atoms with Gasteiger partial charge in [0, 0.05) is 18.0 Å². The van der Waals surface area contributed by atoms with Crippen molar-refractivity contribution in [3.63, 3.8) is 0 Å². The van der Waals surface area contributed by atoms with Crippen LogP contribution in [0.5, 0.6) is 0 Å². The quantitative estimate of drug-likeness (QED) is 0.827. The number of halogens is 1. The number of nitrogens with zero attached hydrogens (tertiary/aromatic N) is 2. The van der Waals surface area contributed by atoms with Gasteiger partial charge in [0.15, 0.2) is 8.68 Å². The van der Waals surface area contributed by atoms with Crippen molar-refractivity contribution in [2.24, 2.45) is 5.92 Å². The van der Waals surface area contributed by atoms with Crippen LogP contribution in [0.2, 0.25) is 4.47 Å². The molecule has 1 aromatic carbocycles. The summed E-state index contributed by atoms with van der Waals surface area (Å²) in [7, 11) is -3.81. The Balaban J connectivity index is 1.73. The first kappa shape index (κ1) is 15.5. The molecule has 0 amide bonds. The molecule has 2 aliphatic heterocycles. The largest absolute Gasteiger partial charge is 0.378 e. The number of sulfonamides is 1. The normalized spacial score (nSPS) is 24.9. The minimum atomic E-state index is -3.81. The molecule has 9 heteroatoms. The highest BCUT2D eigenvalue weighted by Gasteiger charge is 2.45. The molecular formula is C14H13ClN2O4S2. The summed E-state index contributed by atoms with van der Waals surface area (Å²) in [5, 5.41) is 0. The minimum absolute atomic E-state index is 0.0772. The maximum Gasteiger partial charge on any atom is 0.276 e. The van der Waals surface area contributed by atoms with E-state index in [2.05, 4.69) is 4.98 Å². The van der Waals surface area contributed by atoms with E-state index in [-0.39, 0.29) is 27.2 Å². The monoisotopic (exact) mass is 372 g/mol. The first-order chi connectivity index (χ1) is 11.1. The molecule has 4 rings (SSSR count). The van der Waals surface area contributed by atoms with Crippen LogP contribution in [-0.2, 0) is 19.6 Å². The van der Waals surface area contributed by atoms with Crippen LogP contribution in [-0.4, -0.2) is 43.7 Å². The Kier molecular flexibility index (Phi) is 3.91. The zero-order valence-corrected chi connectivity index (χ0v) is 14.3. The van der Waals surface area contributed by atoms with Gasteiger partial charge in [-0.2, -0.15) is 0 Å². The predicted octanol–water partition coefficient (Wildman–Crippen LogP) is 2.41. The van der Waals surface area contributed by atoms with E-state index in [9.17, 15) is 8.42 Å². The van der Waals surface area contributed by atoms with Crippen molar-refractivity contribution in [1.29, 1.82) is 0 Å². The number of thiazole rings is 1. The predicted molar refractivity (Wildman–Crippen MR) is 85.6 cm³/mol. The van der Waals surface area contributed by atoms with E-state index in [0.29, 0.717) is 24.5 Å². The summed E-state index contributed by atoms with van der Waals surface area (Å²) in [4.78, 5) is 9.75. The third-order valence-corrected chi connectivity index (χ3v) is 7.17. The molecular weight excluding hydrogens is 360 g/mol. The van der Waals surface area contributed by atoms with E-state index < -0.39 is 10.0 Å². The highest BCUT2D eigenvalue weighted by atomic mass is 35.5. The molecule has 0 N–H and O–H groups in total. The van der Waals surface area contributed by atoms with E-state index in [4.69, 9.17) is 21.2 Å². The molecule has 6 nitrogen and oxygen atoms in total. The van der Waals surface area contributed by atoms with E-state index >= 15 is 0 Å². The Hall–Kier alpha value is -1.03. The van der Waals surface area contributed by atoms with E-state index in [1.165, 1.54) is 0 Å². The summed E-state index contributed by atoms with van der Waals surface area (Å²) >= 11 is 6.93. The molecule has 2 aromatic rings. The van der Waals surface area contributed by atoms with Crippen molar-refractivity contribution in [2.45, 2.75) is 10.3 Å². The number of hydrogen-bond donors (Lipinski definition) is 0. The number of hydrogen-bond acceptors (Lipinski definition) is 6. The molecule has 2 fully saturated rings. The molecule has 3 heterocycles. The first-order valence-corrected chi connectivity index (χ1v) is 9.68. The molecule has 0 spiro atoms. The highest BCUT2D eigenvalue weighted by molar-refractivity contribution is 7.91. The van der Waals surface area contributed by atoms with E-state index in [0.717, 1.165) is 15.8 Å². The second kappa shape index (κ2) is 5.80. The fourth-order valence-corrected chi connectivity index (χ4v) is 5.85. The highest BCUT2D eigenvalue weighted by Crippen LogP contribution is 2.39. The summed E-state index contributed by atoms with van der Waals surface area (Å²) < 4.78 is 32.5. The lowest BCUT2D eigenvalue weighted by atomic mass is 10.1. The van der Waals surface area contributed by atoms with Crippen molar-refractivity contribution >= 4 is 33.0 Å². The molecule has 0 aliphatic carbocycles. The molecule has 122 valence electrons. The van der Waals surface area contributed by atoms with Gasteiger partial charge in [0.1, 0.15) is 11.8 Å². The number of benzene rings is 1. The van der Waals surface area contributed by atoms with Crippen molar-refractivity contribution in [3.05, 3.63) is 34.8 Å². The van der Waals surface area contributed by atoms with Gasteiger partial charge in [0.05, 0.1) is 13.2 Å². The summed E-state index contributed by atoms with van der Waals surface area (Å²) in [5.74, 6) is 0.0772. The molecule has 1 aromatic heterocycles. The second-order valence-electron chi connectivity index (χ2n) is 5.40. The van der Waals surface area contributed by atoms with Gasteiger partial charge in [-0.3, -0.25) is 4.84 Å². The van der Waals surface area contributed by atoms with Crippen molar-refractivity contribution in [3.8, 4) is 11.3 Å². The van der Waals surface area contributed by atoms with Crippen LogP contribution in [0.4, 0.5) is 0 Å². The lowest BCUT2D eigenvalue weighted by molar-refractivity contribution is -0.0864. The number of ether oxygens (including phenoxy) is 1. The van der Waals surface area contributed by atoms with E-state index in [1.807, 2.05) is 18.2 Å². The smallest absolute Gasteiger partial charge is 0.276 e. The van der Waals surface area contributed by atoms with Crippen LogP contribution in [0.1, 0.15) is 0 Å². The van der Waals surface area contributed by atoms with Gasteiger partial charge in [0.25, 0.3) is 10.0 Å². The van der Waals surface area contributed by atoms with Crippen LogP contribution in [0.15, 0.2) is 34.5 Å². The summed E-state index contributed by atoms with van der Waals surface area (Å²) in [6, 6.07) is 9.12. The van der Waals surface area contributed by atoms with Crippen LogP contribution in [0.3, 0.4) is 0 Å². The van der Waals surface area contributed by atoms with Gasteiger partial charge < -0.3 is 4.74 Å². The van der Waals surface area contributed by atoms with Gasteiger partial charge in [0.2, 0.25) is 0 Å². The third-order valence-electron chi connectivity index (χ3n) is 3.90. The van der Waals surface area contributed by atoms with Crippen molar-refractivity contribution < 1.29 is 18.0 Å². The maximum absolute atomic E-state index is 12.9. The standard InChI is InChI=1S/C14H13ClN2O4S2/c15-14-16-12(9-4-2-1-3-5-9)13(22-14)23(18,19)17-6-10-7-20-8-11(10)21-17/h1-5,10-11H,6-8H2/t10-,11+/m1/s1. The Morgan fingerprint density at radius 3 is 2.78 bits per heavy atom. The van der Waals surface area contributed by atoms with Gasteiger partial charge in [-0.1, -0.05) is 57.7 Å². The van der Waals surface area contributed by atoms with Crippen LogP contribution in [0, 0.1) is 5.92 Å². The van der Waals surface area contributed by atoms with Crippen LogP contribution in [0.25, 0.3) is 11.3 Å². The third kappa shape index (κ3) is 2.69. The Morgan fingerprint density at radius 1 is 1.26 bits per heavy atom. The molecule has 2 aliphatic rings. The molecule has 2 atom stereocenters. The lowest BCUT2D eigenvalue weighted by Gasteiger charge is -2.16. The van der Waals surface area contributed by atoms with Crippen molar-refractivity contribution in [2.75, 3.05) is 19.8 Å². The van der Waals surface area contributed by atoms with Gasteiger partial charge in [-0.05, 0) is 0 Å². The zero-order valence-electron chi connectivity index (χ0n) is 11.9. The van der Waals surface area contributed by atoms with E-state index in [1.54, 1.807) is 12.1 Å². The lowest BCUT2D eigenvalue weighted by Crippen LogP contribution is -2.29. The maximum atomic E-state index is 12.9. The molecule has 0 saturated carbocycles. The van der Waals surface area contributed by atoms with Gasteiger partial charge >= 0.3 is 0 Å². The minimum Gasteiger partial charge on any atom is -0.378 e. The number of hydroxylamine groups is 1. The second-order valence-corrected chi connectivity index (χ2v) is 9.01. The number of rotatable bonds is 3. The molecule has 0 unspecified atom stereocenters. The first-order valence-electron chi connectivity index (χ1n) is 7.05. The molecule has 0 radical (unpaired) electrons. The summed E-state index contributed by atoms with van der Waals surface area (Å²) in [6.45, 7) is 1.23. The van der Waals surface area contributed by atoms with Gasteiger partial charge in [-0.25, -0.2) is 13.4 Å².